The topological polar surface area (TPSA) is 85.5 Å². The van der Waals surface area contributed by atoms with E-state index in [0.717, 1.165) is 12.8 Å². The summed E-state index contributed by atoms with van der Waals surface area (Å²) in [7, 11) is -3.69. The molecule has 4 rings (SSSR count). The number of piperidine rings is 1. The van der Waals surface area contributed by atoms with Crippen molar-refractivity contribution in [2.75, 3.05) is 19.7 Å². The van der Waals surface area contributed by atoms with E-state index < -0.39 is 15.8 Å². The first kappa shape index (κ1) is 21.5. The fourth-order valence-corrected chi connectivity index (χ4v) is 5.51. The van der Waals surface area contributed by atoms with Gasteiger partial charge < -0.3 is 9.26 Å². The molecule has 0 radical (unpaired) electrons. The summed E-state index contributed by atoms with van der Waals surface area (Å²) < 4.78 is 52.8. The fourth-order valence-electron chi connectivity index (χ4n) is 3.83. The van der Waals surface area contributed by atoms with E-state index >= 15 is 0 Å². The molecule has 1 atom stereocenters. The number of aromatic nitrogens is 2. The maximum absolute atomic E-state index is 14.0. The zero-order chi connectivity index (χ0) is 21.8. The minimum atomic E-state index is -3.69. The maximum Gasteiger partial charge on any atom is 0.246 e. The van der Waals surface area contributed by atoms with Gasteiger partial charge in [0.15, 0.2) is 0 Å². The minimum Gasteiger partial charge on any atom is -0.492 e. The van der Waals surface area contributed by atoms with E-state index in [9.17, 15) is 12.8 Å². The standard InChI is InChI=1S/C22H24FN3O4S/c1-2-29-19-11-5-6-12-20(19)31(27,28)26-13-7-8-16(15-26)14-21-24-22(25-30-21)17-9-3-4-10-18(17)23/h3-6,9-12,16H,2,7-8,13-15H2,1H3. The Morgan fingerprint density at radius 1 is 1.19 bits per heavy atom. The highest BCUT2D eigenvalue weighted by Crippen LogP contribution is 2.31. The summed E-state index contributed by atoms with van der Waals surface area (Å²) in [6.07, 6.45) is 2.01. The molecule has 0 spiro atoms. The predicted octanol–water partition coefficient (Wildman–Crippen LogP) is 3.92. The van der Waals surface area contributed by atoms with Gasteiger partial charge in [-0.25, -0.2) is 12.8 Å². The molecule has 0 N–H and O–H groups in total. The van der Waals surface area contributed by atoms with Gasteiger partial charge in [-0.05, 0) is 49.9 Å². The first-order valence-electron chi connectivity index (χ1n) is 10.3. The molecule has 2 heterocycles. The molecule has 1 unspecified atom stereocenters. The zero-order valence-corrected chi connectivity index (χ0v) is 18.0. The van der Waals surface area contributed by atoms with Crippen LogP contribution in [-0.4, -0.2) is 42.6 Å². The maximum atomic E-state index is 14.0. The Kier molecular flexibility index (Phi) is 6.33. The minimum absolute atomic E-state index is 0.0247. The van der Waals surface area contributed by atoms with Gasteiger partial charge in [0.05, 0.1) is 12.2 Å². The third-order valence-electron chi connectivity index (χ3n) is 5.29. The van der Waals surface area contributed by atoms with Crippen molar-refractivity contribution in [3.63, 3.8) is 0 Å². The molecule has 1 fully saturated rings. The van der Waals surface area contributed by atoms with Crippen molar-refractivity contribution >= 4 is 10.0 Å². The van der Waals surface area contributed by atoms with Gasteiger partial charge >= 0.3 is 0 Å². The van der Waals surface area contributed by atoms with Crippen LogP contribution in [-0.2, 0) is 16.4 Å². The van der Waals surface area contributed by atoms with Crippen LogP contribution in [0, 0.1) is 11.7 Å². The van der Waals surface area contributed by atoms with Crippen molar-refractivity contribution in [3.05, 3.63) is 60.2 Å². The van der Waals surface area contributed by atoms with Crippen molar-refractivity contribution in [2.24, 2.45) is 5.92 Å². The number of ether oxygens (including phenoxy) is 1. The van der Waals surface area contributed by atoms with Crippen molar-refractivity contribution in [2.45, 2.75) is 31.1 Å². The number of para-hydroxylation sites is 1. The van der Waals surface area contributed by atoms with Crippen LogP contribution in [0.25, 0.3) is 11.4 Å². The molecule has 0 saturated carbocycles. The lowest BCUT2D eigenvalue weighted by Crippen LogP contribution is -2.40. The molecule has 1 aromatic heterocycles. The van der Waals surface area contributed by atoms with Gasteiger partial charge in [-0.3, -0.25) is 0 Å². The molecule has 2 aromatic carbocycles. The van der Waals surface area contributed by atoms with Crippen LogP contribution in [0.2, 0.25) is 0 Å². The molecule has 0 amide bonds. The SMILES string of the molecule is CCOc1ccccc1S(=O)(=O)N1CCCC(Cc2nc(-c3ccccc3F)no2)C1. The Hall–Kier alpha value is -2.78. The molecule has 3 aromatic rings. The second-order valence-corrected chi connectivity index (χ2v) is 9.35. The Balaban J connectivity index is 1.49. The summed E-state index contributed by atoms with van der Waals surface area (Å²) in [5.74, 6) is 0.532. The number of sulfonamides is 1. The van der Waals surface area contributed by atoms with E-state index in [-0.39, 0.29) is 22.2 Å². The number of nitrogens with zero attached hydrogens (tertiary/aromatic N) is 3. The average Bonchev–Trinajstić information content (AvgIpc) is 3.23. The summed E-state index contributed by atoms with van der Waals surface area (Å²) >= 11 is 0. The summed E-state index contributed by atoms with van der Waals surface area (Å²) in [5.41, 5.74) is 0.276. The second kappa shape index (κ2) is 9.15. The molecule has 0 aliphatic carbocycles. The molecular formula is C22H24FN3O4S. The van der Waals surface area contributed by atoms with E-state index in [1.54, 1.807) is 42.5 Å². The number of benzene rings is 2. The molecule has 0 bridgehead atoms. The Morgan fingerprint density at radius 2 is 1.97 bits per heavy atom. The molecule has 1 saturated heterocycles. The monoisotopic (exact) mass is 445 g/mol. The summed E-state index contributed by atoms with van der Waals surface area (Å²) in [5, 5.41) is 3.89. The van der Waals surface area contributed by atoms with Gasteiger partial charge in [0.2, 0.25) is 21.7 Å². The van der Waals surface area contributed by atoms with Crippen LogP contribution in [0.5, 0.6) is 5.75 Å². The summed E-state index contributed by atoms with van der Waals surface area (Å²) in [4.78, 5) is 4.49. The van der Waals surface area contributed by atoms with Gasteiger partial charge in [0, 0.05) is 19.5 Å². The van der Waals surface area contributed by atoms with Crippen LogP contribution in [0.15, 0.2) is 57.9 Å². The highest BCUT2D eigenvalue weighted by atomic mass is 32.2. The van der Waals surface area contributed by atoms with Crippen LogP contribution >= 0.6 is 0 Å². The van der Waals surface area contributed by atoms with E-state index in [2.05, 4.69) is 10.1 Å². The van der Waals surface area contributed by atoms with Gasteiger partial charge in [-0.15, -0.1) is 0 Å². The molecule has 1 aliphatic heterocycles. The molecular weight excluding hydrogens is 421 g/mol. The lowest BCUT2D eigenvalue weighted by Gasteiger charge is -2.31. The van der Waals surface area contributed by atoms with E-state index in [1.807, 2.05) is 6.92 Å². The van der Waals surface area contributed by atoms with Gasteiger partial charge in [0.1, 0.15) is 16.5 Å². The predicted molar refractivity (Wildman–Crippen MR) is 112 cm³/mol. The number of hydrogen-bond acceptors (Lipinski definition) is 6. The number of rotatable bonds is 7. The van der Waals surface area contributed by atoms with Crippen LogP contribution in [0.1, 0.15) is 25.7 Å². The van der Waals surface area contributed by atoms with Crippen molar-refractivity contribution < 1.29 is 22.1 Å². The lowest BCUT2D eigenvalue weighted by atomic mass is 9.96. The summed E-state index contributed by atoms with van der Waals surface area (Å²) in [6, 6.07) is 12.9. The van der Waals surface area contributed by atoms with Gasteiger partial charge in [0.25, 0.3) is 0 Å². The van der Waals surface area contributed by atoms with Gasteiger partial charge in [-0.2, -0.15) is 9.29 Å². The summed E-state index contributed by atoms with van der Waals surface area (Å²) in [6.45, 7) is 3.00. The van der Waals surface area contributed by atoms with Crippen molar-refractivity contribution in [1.29, 1.82) is 0 Å². The highest BCUT2D eigenvalue weighted by molar-refractivity contribution is 7.89. The quantitative estimate of drug-likeness (QED) is 0.548. The largest absolute Gasteiger partial charge is 0.492 e. The molecule has 7 nitrogen and oxygen atoms in total. The van der Waals surface area contributed by atoms with E-state index in [1.165, 1.54) is 10.4 Å². The Morgan fingerprint density at radius 3 is 2.77 bits per heavy atom. The van der Waals surface area contributed by atoms with Crippen molar-refractivity contribution in [1.82, 2.24) is 14.4 Å². The highest BCUT2D eigenvalue weighted by Gasteiger charge is 2.33. The average molecular weight is 446 g/mol. The number of halogens is 1. The first-order chi connectivity index (χ1) is 15.0. The Labute approximate surface area is 180 Å². The fraction of sp³-hybridized carbons (Fsp3) is 0.364. The third-order valence-corrected chi connectivity index (χ3v) is 7.20. The molecule has 31 heavy (non-hydrogen) atoms. The molecule has 164 valence electrons. The van der Waals surface area contributed by atoms with E-state index in [0.29, 0.717) is 37.8 Å². The molecule has 9 heteroatoms. The zero-order valence-electron chi connectivity index (χ0n) is 17.2. The first-order valence-corrected chi connectivity index (χ1v) is 11.7. The van der Waals surface area contributed by atoms with E-state index in [4.69, 9.17) is 9.26 Å². The lowest BCUT2D eigenvalue weighted by molar-refractivity contribution is 0.246. The van der Waals surface area contributed by atoms with Crippen molar-refractivity contribution in [3.8, 4) is 17.1 Å². The third kappa shape index (κ3) is 4.62. The Bertz CT molecular complexity index is 1150. The van der Waals surface area contributed by atoms with Crippen LogP contribution in [0.3, 0.4) is 0 Å². The second-order valence-electron chi connectivity index (χ2n) is 7.45. The van der Waals surface area contributed by atoms with Gasteiger partial charge in [-0.1, -0.05) is 29.4 Å². The normalized spacial score (nSPS) is 17.5. The smallest absolute Gasteiger partial charge is 0.246 e. The van der Waals surface area contributed by atoms with Crippen LogP contribution < -0.4 is 4.74 Å². The van der Waals surface area contributed by atoms with Crippen LogP contribution in [0.4, 0.5) is 4.39 Å². The number of hydrogen-bond donors (Lipinski definition) is 0. The molecule has 1 aliphatic rings.